The summed E-state index contributed by atoms with van der Waals surface area (Å²) in [6, 6.07) is 31.4. The van der Waals surface area contributed by atoms with Gasteiger partial charge in [-0.2, -0.15) is 0 Å². The predicted octanol–water partition coefficient (Wildman–Crippen LogP) is 7.81. The van der Waals surface area contributed by atoms with Crippen molar-refractivity contribution in [3.63, 3.8) is 0 Å². The zero-order valence-corrected chi connectivity index (χ0v) is 24.9. The second-order valence-electron chi connectivity index (χ2n) is 9.46. The third-order valence-corrected chi connectivity index (χ3v) is 8.76. The van der Waals surface area contributed by atoms with Crippen LogP contribution < -0.4 is 0 Å². The Morgan fingerprint density at radius 1 is 0.929 bits per heavy atom. The van der Waals surface area contributed by atoms with E-state index < -0.39 is 0 Å². The molecule has 0 aliphatic carbocycles. The molecule has 0 saturated heterocycles. The van der Waals surface area contributed by atoms with Gasteiger partial charge in [-0.3, -0.25) is 9.36 Å². The third-order valence-electron chi connectivity index (χ3n) is 6.55. The van der Waals surface area contributed by atoms with Crippen LogP contribution in [0.25, 0.3) is 17.3 Å². The summed E-state index contributed by atoms with van der Waals surface area (Å²) in [6.45, 7) is 1.12. The van der Waals surface area contributed by atoms with Gasteiger partial charge in [-0.05, 0) is 47.9 Å². The molecule has 0 aliphatic rings. The molecule has 3 heterocycles. The quantitative estimate of drug-likeness (QED) is 0.139. The van der Waals surface area contributed by atoms with Crippen LogP contribution >= 0.6 is 34.7 Å². The van der Waals surface area contributed by atoms with Crippen LogP contribution in [-0.4, -0.2) is 37.1 Å². The Labute approximate surface area is 256 Å². The SMILES string of the molecule is O=C(c1csc(CSc2nnc(-c3ccco3)n2-c2cccc(Cl)c2)n1)N(CCc1ccccc1)Cc1ccccc1. The van der Waals surface area contributed by atoms with Gasteiger partial charge in [0.25, 0.3) is 5.91 Å². The Balaban J connectivity index is 1.20. The summed E-state index contributed by atoms with van der Waals surface area (Å²) in [4.78, 5) is 20.3. The number of hydrogen-bond donors (Lipinski definition) is 0. The molecule has 7 nitrogen and oxygen atoms in total. The van der Waals surface area contributed by atoms with Gasteiger partial charge in [0, 0.05) is 23.5 Å². The zero-order chi connectivity index (χ0) is 28.7. The highest BCUT2D eigenvalue weighted by Gasteiger charge is 2.21. The van der Waals surface area contributed by atoms with E-state index in [4.69, 9.17) is 21.0 Å². The Bertz CT molecular complexity index is 1750. The molecule has 0 atom stereocenters. The summed E-state index contributed by atoms with van der Waals surface area (Å²) < 4.78 is 7.53. The van der Waals surface area contributed by atoms with Crippen molar-refractivity contribution in [2.75, 3.05) is 6.54 Å². The molecule has 6 aromatic rings. The predicted molar refractivity (Wildman–Crippen MR) is 167 cm³/mol. The highest BCUT2D eigenvalue weighted by atomic mass is 35.5. The van der Waals surface area contributed by atoms with Crippen molar-refractivity contribution < 1.29 is 9.21 Å². The van der Waals surface area contributed by atoms with E-state index in [9.17, 15) is 4.79 Å². The lowest BCUT2D eigenvalue weighted by Crippen LogP contribution is -2.32. The van der Waals surface area contributed by atoms with E-state index in [-0.39, 0.29) is 5.91 Å². The van der Waals surface area contributed by atoms with Gasteiger partial charge < -0.3 is 9.32 Å². The van der Waals surface area contributed by atoms with Crippen molar-refractivity contribution >= 4 is 40.6 Å². The van der Waals surface area contributed by atoms with E-state index in [1.807, 2.05) is 99.8 Å². The molecular weight excluding hydrogens is 586 g/mol. The van der Waals surface area contributed by atoms with Crippen molar-refractivity contribution in [2.24, 2.45) is 0 Å². The molecule has 42 heavy (non-hydrogen) atoms. The van der Waals surface area contributed by atoms with Crippen LogP contribution in [0.15, 0.2) is 118 Å². The standard InChI is InChI=1S/C32H26ClN5O2S2/c33-25-13-7-14-26(19-25)38-30(28-15-8-18-40-28)35-36-32(38)42-22-29-34-27(21-41-29)31(39)37(20-24-11-5-2-6-12-24)17-16-23-9-3-1-4-10-23/h1-15,18-19,21H,16-17,20,22H2. The molecule has 0 aliphatic heterocycles. The average Bonchev–Trinajstić information content (AvgIpc) is 3.80. The number of benzene rings is 3. The molecule has 0 bridgehead atoms. The highest BCUT2D eigenvalue weighted by molar-refractivity contribution is 7.98. The number of carbonyl (C=O) groups is 1. The average molecular weight is 612 g/mol. The lowest BCUT2D eigenvalue weighted by atomic mass is 10.1. The zero-order valence-electron chi connectivity index (χ0n) is 22.5. The molecule has 0 unspecified atom stereocenters. The molecule has 1 amide bonds. The van der Waals surface area contributed by atoms with Gasteiger partial charge in [-0.15, -0.1) is 21.5 Å². The number of amides is 1. The summed E-state index contributed by atoms with van der Waals surface area (Å²) in [5.41, 5.74) is 3.55. The van der Waals surface area contributed by atoms with Gasteiger partial charge in [0.15, 0.2) is 10.9 Å². The molecule has 6 rings (SSSR count). The molecular formula is C32H26ClN5O2S2. The minimum atomic E-state index is -0.0792. The van der Waals surface area contributed by atoms with Gasteiger partial charge in [0.1, 0.15) is 10.7 Å². The number of furan rings is 1. The lowest BCUT2D eigenvalue weighted by molar-refractivity contribution is 0.0740. The molecule has 0 saturated carbocycles. The van der Waals surface area contributed by atoms with E-state index >= 15 is 0 Å². The first-order chi connectivity index (χ1) is 20.6. The molecule has 210 valence electrons. The second kappa shape index (κ2) is 13.2. The molecule has 3 aromatic heterocycles. The first kappa shape index (κ1) is 28.0. The Morgan fingerprint density at radius 3 is 2.45 bits per heavy atom. The van der Waals surface area contributed by atoms with Gasteiger partial charge in [-0.25, -0.2) is 4.98 Å². The van der Waals surface area contributed by atoms with Gasteiger partial charge in [0.05, 0.1) is 17.7 Å². The van der Waals surface area contributed by atoms with Crippen molar-refractivity contribution in [2.45, 2.75) is 23.9 Å². The van der Waals surface area contributed by atoms with Crippen LogP contribution in [-0.2, 0) is 18.7 Å². The Hall–Kier alpha value is -4.18. The number of rotatable bonds is 11. The Morgan fingerprint density at radius 2 is 1.71 bits per heavy atom. The number of nitrogens with zero attached hydrogens (tertiary/aromatic N) is 5. The van der Waals surface area contributed by atoms with Crippen LogP contribution in [0.3, 0.4) is 0 Å². The van der Waals surface area contributed by atoms with Crippen LogP contribution in [0.4, 0.5) is 0 Å². The third kappa shape index (κ3) is 6.65. The maximum Gasteiger partial charge on any atom is 0.273 e. The van der Waals surface area contributed by atoms with Crippen molar-refractivity contribution in [3.05, 3.63) is 136 Å². The first-order valence-electron chi connectivity index (χ1n) is 13.3. The van der Waals surface area contributed by atoms with Crippen LogP contribution in [0.2, 0.25) is 5.02 Å². The smallest absolute Gasteiger partial charge is 0.273 e. The largest absolute Gasteiger partial charge is 0.461 e. The summed E-state index contributed by atoms with van der Waals surface area (Å²) in [5, 5.41) is 12.8. The highest BCUT2D eigenvalue weighted by Crippen LogP contribution is 2.31. The molecule has 3 aromatic carbocycles. The molecule has 0 radical (unpaired) electrons. The molecule has 10 heteroatoms. The maximum atomic E-state index is 13.7. The van der Waals surface area contributed by atoms with Crippen LogP contribution in [0.5, 0.6) is 0 Å². The van der Waals surface area contributed by atoms with E-state index in [1.165, 1.54) is 28.7 Å². The van der Waals surface area contributed by atoms with E-state index in [0.717, 1.165) is 22.7 Å². The van der Waals surface area contributed by atoms with Crippen molar-refractivity contribution in [1.29, 1.82) is 0 Å². The lowest BCUT2D eigenvalue weighted by Gasteiger charge is -2.22. The van der Waals surface area contributed by atoms with E-state index in [1.54, 1.807) is 6.26 Å². The fourth-order valence-electron chi connectivity index (χ4n) is 4.51. The first-order valence-corrected chi connectivity index (χ1v) is 15.6. The van der Waals surface area contributed by atoms with Gasteiger partial charge >= 0.3 is 0 Å². The summed E-state index contributed by atoms with van der Waals surface area (Å²) >= 11 is 9.26. The fraction of sp³-hybridized carbons (Fsp3) is 0.125. The number of aromatic nitrogens is 4. The minimum Gasteiger partial charge on any atom is -0.461 e. The monoisotopic (exact) mass is 611 g/mol. The topological polar surface area (TPSA) is 77.0 Å². The van der Waals surface area contributed by atoms with Crippen LogP contribution in [0, 0.1) is 0 Å². The Kier molecular flexibility index (Phi) is 8.79. The number of carbonyl (C=O) groups excluding carboxylic acids is 1. The number of hydrogen-bond acceptors (Lipinski definition) is 7. The van der Waals surface area contributed by atoms with Gasteiger partial charge in [0.2, 0.25) is 5.82 Å². The molecule has 0 fully saturated rings. The van der Waals surface area contributed by atoms with Crippen LogP contribution in [0.1, 0.15) is 26.6 Å². The van der Waals surface area contributed by atoms with Gasteiger partial charge in [-0.1, -0.05) is 90.1 Å². The summed E-state index contributed by atoms with van der Waals surface area (Å²) in [5.74, 6) is 1.63. The molecule has 0 spiro atoms. The maximum absolute atomic E-state index is 13.7. The number of thioether (sulfide) groups is 1. The van der Waals surface area contributed by atoms with Crippen molar-refractivity contribution in [3.8, 4) is 17.3 Å². The van der Waals surface area contributed by atoms with E-state index in [2.05, 4.69) is 22.3 Å². The number of halogens is 1. The fourth-order valence-corrected chi connectivity index (χ4v) is 6.43. The number of thiazole rings is 1. The molecule has 0 N–H and O–H groups in total. The second-order valence-corrected chi connectivity index (χ2v) is 11.8. The van der Waals surface area contributed by atoms with E-state index in [0.29, 0.717) is 46.3 Å². The normalized spacial score (nSPS) is 11.1. The van der Waals surface area contributed by atoms with Crippen molar-refractivity contribution in [1.82, 2.24) is 24.6 Å². The summed E-state index contributed by atoms with van der Waals surface area (Å²) in [7, 11) is 0. The summed E-state index contributed by atoms with van der Waals surface area (Å²) in [6.07, 6.45) is 2.37. The minimum absolute atomic E-state index is 0.0792.